The van der Waals surface area contributed by atoms with Gasteiger partial charge in [0, 0.05) is 18.3 Å². The van der Waals surface area contributed by atoms with Crippen molar-refractivity contribution in [1.82, 2.24) is 10.2 Å². The molecule has 0 saturated carbocycles. The molecule has 2 amide bonds. The number of anilines is 1. The van der Waals surface area contributed by atoms with Crippen LogP contribution in [0.25, 0.3) is 0 Å². The van der Waals surface area contributed by atoms with Crippen LogP contribution in [0.3, 0.4) is 0 Å². The third kappa shape index (κ3) is 6.27. The molecule has 0 saturated heterocycles. The minimum Gasteiger partial charge on any atom is -0.355 e. The molecule has 0 bridgehead atoms. The van der Waals surface area contributed by atoms with Crippen LogP contribution < -0.4 is 10.6 Å². The fourth-order valence-corrected chi connectivity index (χ4v) is 3.01. The van der Waals surface area contributed by atoms with Gasteiger partial charge in [-0.3, -0.25) is 24.6 Å². The van der Waals surface area contributed by atoms with Crippen LogP contribution in [0.1, 0.15) is 24.9 Å². The van der Waals surface area contributed by atoms with Gasteiger partial charge in [0.1, 0.15) is 11.1 Å². The molecule has 154 valence electrons. The molecule has 2 N–H and O–H groups in total. The quantitative estimate of drug-likeness (QED) is 0.479. The SMILES string of the molecule is CCCNC(=O)CN(C)[C@H](C(=O)Nc1ccc(Cl)c([N+](=O)[O-])c1)c1ccccc1. The summed E-state index contributed by atoms with van der Waals surface area (Å²) in [7, 11) is 1.67. The van der Waals surface area contributed by atoms with Crippen molar-refractivity contribution in [2.45, 2.75) is 19.4 Å². The zero-order chi connectivity index (χ0) is 21.4. The largest absolute Gasteiger partial charge is 0.355 e. The van der Waals surface area contributed by atoms with E-state index < -0.39 is 16.9 Å². The molecule has 2 aromatic carbocycles. The van der Waals surface area contributed by atoms with Crippen molar-refractivity contribution in [3.8, 4) is 0 Å². The Morgan fingerprint density at radius 1 is 1.21 bits per heavy atom. The summed E-state index contributed by atoms with van der Waals surface area (Å²) < 4.78 is 0. The number of nitro benzene ring substituents is 1. The van der Waals surface area contributed by atoms with Crippen molar-refractivity contribution in [3.63, 3.8) is 0 Å². The Labute approximate surface area is 174 Å². The number of nitrogens with zero attached hydrogens (tertiary/aromatic N) is 2. The maximum absolute atomic E-state index is 13.0. The maximum Gasteiger partial charge on any atom is 0.289 e. The molecule has 29 heavy (non-hydrogen) atoms. The first-order chi connectivity index (χ1) is 13.8. The van der Waals surface area contributed by atoms with Crippen LogP contribution in [-0.4, -0.2) is 41.8 Å². The third-order valence-electron chi connectivity index (χ3n) is 4.18. The van der Waals surface area contributed by atoms with Crippen LogP contribution in [-0.2, 0) is 9.59 Å². The van der Waals surface area contributed by atoms with Gasteiger partial charge in [0.2, 0.25) is 11.8 Å². The maximum atomic E-state index is 13.0. The number of likely N-dealkylation sites (N-methyl/N-ethyl adjacent to an activating group) is 1. The third-order valence-corrected chi connectivity index (χ3v) is 4.50. The van der Waals surface area contributed by atoms with Crippen molar-refractivity contribution >= 4 is 34.8 Å². The fraction of sp³-hybridized carbons (Fsp3) is 0.300. The van der Waals surface area contributed by atoms with Gasteiger partial charge in [-0.25, -0.2) is 0 Å². The predicted molar refractivity (Wildman–Crippen MR) is 112 cm³/mol. The van der Waals surface area contributed by atoms with E-state index in [4.69, 9.17) is 11.6 Å². The van der Waals surface area contributed by atoms with Gasteiger partial charge in [0.05, 0.1) is 11.5 Å². The lowest BCUT2D eigenvalue weighted by molar-refractivity contribution is -0.384. The number of nitro groups is 1. The van der Waals surface area contributed by atoms with Gasteiger partial charge in [-0.15, -0.1) is 0 Å². The number of benzene rings is 2. The van der Waals surface area contributed by atoms with E-state index in [9.17, 15) is 19.7 Å². The van der Waals surface area contributed by atoms with Gasteiger partial charge in [0.25, 0.3) is 5.69 Å². The van der Waals surface area contributed by atoms with E-state index in [0.717, 1.165) is 6.42 Å². The van der Waals surface area contributed by atoms with Crippen LogP contribution in [0, 0.1) is 10.1 Å². The number of rotatable bonds is 9. The second-order valence-electron chi connectivity index (χ2n) is 6.49. The Morgan fingerprint density at radius 2 is 1.90 bits per heavy atom. The Kier molecular flexibility index (Phi) is 8.11. The van der Waals surface area contributed by atoms with Crippen LogP contribution in [0.4, 0.5) is 11.4 Å². The molecule has 0 unspecified atom stereocenters. The smallest absolute Gasteiger partial charge is 0.289 e. The van der Waals surface area contributed by atoms with Gasteiger partial charge >= 0.3 is 0 Å². The highest BCUT2D eigenvalue weighted by atomic mass is 35.5. The molecular weight excluding hydrogens is 396 g/mol. The van der Waals surface area contributed by atoms with E-state index in [0.29, 0.717) is 12.1 Å². The van der Waals surface area contributed by atoms with Crippen molar-refractivity contribution in [2.24, 2.45) is 0 Å². The minimum absolute atomic E-state index is 0.0164. The van der Waals surface area contributed by atoms with Gasteiger partial charge < -0.3 is 10.6 Å². The number of amides is 2. The van der Waals surface area contributed by atoms with Crippen LogP contribution in [0.15, 0.2) is 48.5 Å². The molecule has 0 heterocycles. The predicted octanol–water partition coefficient (Wildman–Crippen LogP) is 3.39. The fourth-order valence-electron chi connectivity index (χ4n) is 2.82. The summed E-state index contributed by atoms with van der Waals surface area (Å²) in [5.41, 5.74) is 0.642. The summed E-state index contributed by atoms with van der Waals surface area (Å²) in [4.78, 5) is 37.2. The standard InChI is InChI=1S/C20H23ClN4O4/c1-3-11-22-18(26)13-24(2)19(14-7-5-4-6-8-14)20(27)23-15-9-10-16(21)17(12-15)25(28)29/h4-10,12,19H,3,11,13H2,1-2H3,(H,22,26)(H,23,27)/t19-/m0/s1. The van der Waals surface area contributed by atoms with E-state index in [1.54, 1.807) is 36.2 Å². The summed E-state index contributed by atoms with van der Waals surface area (Å²) in [6, 6.07) is 12.3. The molecule has 2 rings (SSSR count). The molecule has 0 radical (unpaired) electrons. The molecule has 8 nitrogen and oxygen atoms in total. The van der Waals surface area contributed by atoms with Crippen molar-refractivity contribution in [2.75, 3.05) is 25.5 Å². The van der Waals surface area contributed by atoms with Crippen molar-refractivity contribution in [1.29, 1.82) is 0 Å². The zero-order valence-corrected chi connectivity index (χ0v) is 17.0. The lowest BCUT2D eigenvalue weighted by Gasteiger charge is -2.27. The summed E-state index contributed by atoms with van der Waals surface area (Å²) >= 11 is 5.83. The number of carbonyl (C=O) groups excluding carboxylic acids is 2. The van der Waals surface area contributed by atoms with Crippen molar-refractivity contribution in [3.05, 3.63) is 69.2 Å². The van der Waals surface area contributed by atoms with Gasteiger partial charge in [-0.1, -0.05) is 48.9 Å². The monoisotopic (exact) mass is 418 g/mol. The minimum atomic E-state index is -0.765. The highest BCUT2D eigenvalue weighted by molar-refractivity contribution is 6.32. The second-order valence-corrected chi connectivity index (χ2v) is 6.90. The average molecular weight is 419 g/mol. The summed E-state index contributed by atoms with van der Waals surface area (Å²) in [6.45, 7) is 2.53. The molecule has 0 aliphatic carbocycles. The molecule has 0 spiro atoms. The molecule has 0 aromatic heterocycles. The van der Waals surface area contributed by atoms with Crippen LogP contribution >= 0.6 is 11.6 Å². The van der Waals surface area contributed by atoms with E-state index in [1.165, 1.54) is 18.2 Å². The first kappa shape index (κ1) is 22.3. The lowest BCUT2D eigenvalue weighted by Crippen LogP contribution is -2.41. The molecule has 9 heteroatoms. The lowest BCUT2D eigenvalue weighted by atomic mass is 10.0. The normalized spacial score (nSPS) is 11.7. The summed E-state index contributed by atoms with van der Waals surface area (Å²) in [5, 5.41) is 16.5. The first-order valence-corrected chi connectivity index (χ1v) is 9.48. The molecule has 0 fully saturated rings. The number of carbonyl (C=O) groups is 2. The summed E-state index contributed by atoms with van der Waals surface area (Å²) in [5.74, 6) is -0.608. The molecule has 0 aliphatic heterocycles. The molecule has 2 aromatic rings. The Hall–Kier alpha value is -2.97. The number of nitrogens with one attached hydrogen (secondary N) is 2. The molecule has 0 aliphatic rings. The Bertz CT molecular complexity index is 876. The van der Waals surface area contributed by atoms with E-state index >= 15 is 0 Å². The van der Waals surface area contributed by atoms with Crippen LogP contribution in [0.2, 0.25) is 5.02 Å². The number of hydrogen-bond donors (Lipinski definition) is 2. The average Bonchev–Trinajstić information content (AvgIpc) is 2.68. The number of halogens is 1. The molecule has 1 atom stereocenters. The van der Waals surface area contributed by atoms with Gasteiger partial charge in [-0.05, 0) is 31.2 Å². The van der Waals surface area contributed by atoms with Gasteiger partial charge in [0.15, 0.2) is 0 Å². The van der Waals surface area contributed by atoms with E-state index in [1.807, 2.05) is 13.0 Å². The Balaban J connectivity index is 2.24. The van der Waals surface area contributed by atoms with E-state index in [2.05, 4.69) is 10.6 Å². The topological polar surface area (TPSA) is 105 Å². The van der Waals surface area contributed by atoms with Crippen molar-refractivity contribution < 1.29 is 14.5 Å². The first-order valence-electron chi connectivity index (χ1n) is 9.10. The molecular formula is C20H23ClN4O4. The number of hydrogen-bond acceptors (Lipinski definition) is 5. The Morgan fingerprint density at radius 3 is 2.52 bits per heavy atom. The highest BCUT2D eigenvalue weighted by Crippen LogP contribution is 2.28. The van der Waals surface area contributed by atoms with Crippen LogP contribution in [0.5, 0.6) is 0 Å². The second kappa shape index (κ2) is 10.5. The highest BCUT2D eigenvalue weighted by Gasteiger charge is 2.27. The summed E-state index contributed by atoms with van der Waals surface area (Å²) in [6.07, 6.45) is 0.813. The zero-order valence-electron chi connectivity index (χ0n) is 16.2. The van der Waals surface area contributed by atoms with E-state index in [-0.39, 0.29) is 28.8 Å². The van der Waals surface area contributed by atoms with Gasteiger partial charge in [-0.2, -0.15) is 0 Å².